The minimum absolute atomic E-state index is 0.109. The Hall–Kier alpha value is -2.47. The molecule has 0 radical (unpaired) electrons. The highest BCUT2D eigenvalue weighted by molar-refractivity contribution is 7.80. The fraction of sp³-hybridized carbons (Fsp3) is 0.235. The minimum Gasteiger partial charge on any atom is -0.328 e. The number of benzene rings is 1. The molecule has 1 amide bonds. The SMILES string of the molecule is CCCn1cc(C=C2NC(=S)N(Cc3ccccc3)C2=O)cn1. The van der Waals surface area contributed by atoms with Gasteiger partial charge in [0.05, 0.1) is 12.7 Å². The largest absolute Gasteiger partial charge is 0.328 e. The molecule has 1 aliphatic heterocycles. The molecule has 2 heterocycles. The van der Waals surface area contributed by atoms with E-state index in [1.807, 2.05) is 41.2 Å². The number of aryl methyl sites for hydroxylation is 1. The Labute approximate surface area is 140 Å². The number of rotatable bonds is 5. The van der Waals surface area contributed by atoms with Crippen LogP contribution in [0.4, 0.5) is 0 Å². The van der Waals surface area contributed by atoms with Crippen LogP contribution in [0.3, 0.4) is 0 Å². The number of carbonyl (C=O) groups is 1. The van der Waals surface area contributed by atoms with Crippen molar-refractivity contribution < 1.29 is 4.79 Å². The van der Waals surface area contributed by atoms with Crippen LogP contribution in [0.15, 0.2) is 48.4 Å². The molecule has 1 fully saturated rings. The summed E-state index contributed by atoms with van der Waals surface area (Å²) in [6.07, 6.45) is 6.48. The van der Waals surface area contributed by atoms with Crippen LogP contribution in [0, 0.1) is 0 Å². The Morgan fingerprint density at radius 2 is 2.09 bits per heavy atom. The normalized spacial score (nSPS) is 16.2. The number of hydrogen-bond acceptors (Lipinski definition) is 3. The van der Waals surface area contributed by atoms with E-state index in [1.54, 1.807) is 17.2 Å². The summed E-state index contributed by atoms with van der Waals surface area (Å²) in [6, 6.07) is 9.81. The minimum atomic E-state index is -0.109. The number of thiocarbonyl (C=S) groups is 1. The third-order valence-electron chi connectivity index (χ3n) is 3.56. The Balaban J connectivity index is 1.76. The second-order valence-corrected chi connectivity index (χ2v) is 5.79. The van der Waals surface area contributed by atoms with E-state index in [4.69, 9.17) is 12.2 Å². The number of nitrogens with one attached hydrogen (secondary N) is 1. The van der Waals surface area contributed by atoms with Crippen LogP contribution in [-0.4, -0.2) is 25.7 Å². The lowest BCUT2D eigenvalue weighted by molar-refractivity contribution is -0.122. The first-order chi connectivity index (χ1) is 11.2. The van der Waals surface area contributed by atoms with Crippen LogP contribution < -0.4 is 5.32 Å². The van der Waals surface area contributed by atoms with Crippen LogP contribution >= 0.6 is 12.2 Å². The van der Waals surface area contributed by atoms with Crippen LogP contribution in [-0.2, 0) is 17.9 Å². The second-order valence-electron chi connectivity index (χ2n) is 5.40. The highest BCUT2D eigenvalue weighted by Crippen LogP contribution is 2.17. The van der Waals surface area contributed by atoms with Gasteiger partial charge in [0.15, 0.2) is 5.11 Å². The van der Waals surface area contributed by atoms with Crippen molar-refractivity contribution in [3.8, 4) is 0 Å². The number of amides is 1. The van der Waals surface area contributed by atoms with Gasteiger partial charge in [-0.15, -0.1) is 0 Å². The first kappa shape index (κ1) is 15.4. The molecule has 1 saturated heterocycles. The number of hydrogen-bond donors (Lipinski definition) is 1. The van der Waals surface area contributed by atoms with E-state index in [0.717, 1.165) is 24.1 Å². The molecule has 3 rings (SSSR count). The van der Waals surface area contributed by atoms with Crippen molar-refractivity contribution in [3.05, 3.63) is 59.5 Å². The summed E-state index contributed by atoms with van der Waals surface area (Å²) < 4.78 is 1.87. The van der Waals surface area contributed by atoms with Gasteiger partial charge < -0.3 is 5.32 Å². The summed E-state index contributed by atoms with van der Waals surface area (Å²) in [7, 11) is 0. The van der Waals surface area contributed by atoms with Gasteiger partial charge in [0.2, 0.25) is 0 Å². The van der Waals surface area contributed by atoms with Gasteiger partial charge in [-0.05, 0) is 30.3 Å². The zero-order valence-corrected chi connectivity index (χ0v) is 13.7. The molecule has 1 N–H and O–H groups in total. The smallest absolute Gasteiger partial charge is 0.276 e. The van der Waals surface area contributed by atoms with Crippen molar-refractivity contribution in [1.29, 1.82) is 0 Å². The molecule has 0 atom stereocenters. The Bertz CT molecular complexity index is 751. The van der Waals surface area contributed by atoms with Crippen LogP contribution in [0.25, 0.3) is 6.08 Å². The predicted octanol–water partition coefficient (Wildman–Crippen LogP) is 2.55. The van der Waals surface area contributed by atoms with Crippen LogP contribution in [0.5, 0.6) is 0 Å². The molecule has 0 spiro atoms. The van der Waals surface area contributed by atoms with Gasteiger partial charge in [0, 0.05) is 18.3 Å². The molecule has 118 valence electrons. The number of aromatic nitrogens is 2. The average molecular weight is 326 g/mol. The highest BCUT2D eigenvalue weighted by Gasteiger charge is 2.30. The topological polar surface area (TPSA) is 50.2 Å². The van der Waals surface area contributed by atoms with E-state index in [1.165, 1.54) is 0 Å². The van der Waals surface area contributed by atoms with Crippen LogP contribution in [0.1, 0.15) is 24.5 Å². The highest BCUT2D eigenvalue weighted by atomic mass is 32.1. The summed E-state index contributed by atoms with van der Waals surface area (Å²) in [5.41, 5.74) is 2.42. The van der Waals surface area contributed by atoms with Crippen molar-refractivity contribution in [3.63, 3.8) is 0 Å². The second kappa shape index (κ2) is 6.75. The molecule has 0 aliphatic carbocycles. The van der Waals surface area contributed by atoms with Crippen molar-refractivity contribution in [2.24, 2.45) is 0 Å². The Kier molecular flexibility index (Phi) is 4.52. The predicted molar refractivity (Wildman–Crippen MR) is 93.2 cm³/mol. The molecule has 6 heteroatoms. The molecule has 1 aliphatic rings. The summed E-state index contributed by atoms with van der Waals surface area (Å²) in [4.78, 5) is 14.1. The van der Waals surface area contributed by atoms with Crippen LogP contribution in [0.2, 0.25) is 0 Å². The van der Waals surface area contributed by atoms with Crippen molar-refractivity contribution in [2.75, 3.05) is 0 Å². The molecule has 1 aromatic heterocycles. The number of carbonyl (C=O) groups excluding carboxylic acids is 1. The summed E-state index contributed by atoms with van der Waals surface area (Å²) in [6.45, 7) is 3.43. The standard InChI is InChI=1S/C17H18N4OS/c1-2-8-20-11-14(10-18-20)9-15-16(22)21(17(23)19-15)12-13-6-4-3-5-7-13/h3-7,9-11H,2,8,12H2,1H3,(H,19,23). The first-order valence-electron chi connectivity index (χ1n) is 7.58. The van der Waals surface area contributed by atoms with Crippen molar-refractivity contribution >= 4 is 29.3 Å². The van der Waals surface area contributed by atoms with Crippen molar-refractivity contribution in [2.45, 2.75) is 26.4 Å². The van der Waals surface area contributed by atoms with E-state index in [0.29, 0.717) is 17.4 Å². The lowest BCUT2D eigenvalue weighted by Crippen LogP contribution is -2.29. The molecule has 0 unspecified atom stereocenters. The van der Waals surface area contributed by atoms with Gasteiger partial charge in [0.1, 0.15) is 5.70 Å². The van der Waals surface area contributed by atoms with E-state index in [9.17, 15) is 4.79 Å². The maximum absolute atomic E-state index is 12.5. The number of nitrogens with zero attached hydrogens (tertiary/aromatic N) is 3. The van der Waals surface area contributed by atoms with Gasteiger partial charge in [-0.3, -0.25) is 14.4 Å². The maximum Gasteiger partial charge on any atom is 0.276 e. The zero-order chi connectivity index (χ0) is 16.2. The van der Waals surface area contributed by atoms with Gasteiger partial charge in [-0.2, -0.15) is 5.10 Å². The molecule has 0 saturated carbocycles. The summed E-state index contributed by atoms with van der Waals surface area (Å²) in [5, 5.41) is 7.70. The fourth-order valence-electron chi connectivity index (χ4n) is 2.45. The monoisotopic (exact) mass is 326 g/mol. The quantitative estimate of drug-likeness (QED) is 0.678. The third-order valence-corrected chi connectivity index (χ3v) is 3.89. The lowest BCUT2D eigenvalue weighted by Gasteiger charge is -2.13. The molecule has 5 nitrogen and oxygen atoms in total. The van der Waals surface area contributed by atoms with E-state index in [-0.39, 0.29) is 5.91 Å². The summed E-state index contributed by atoms with van der Waals surface area (Å²) in [5.74, 6) is -0.109. The molecule has 2 aromatic rings. The van der Waals surface area contributed by atoms with Gasteiger partial charge in [-0.25, -0.2) is 0 Å². The lowest BCUT2D eigenvalue weighted by atomic mass is 10.2. The molecular formula is C17H18N4OS. The van der Waals surface area contributed by atoms with Gasteiger partial charge in [-0.1, -0.05) is 37.3 Å². The molecule has 1 aromatic carbocycles. The Morgan fingerprint density at radius 3 is 2.83 bits per heavy atom. The molecular weight excluding hydrogens is 308 g/mol. The zero-order valence-electron chi connectivity index (χ0n) is 12.9. The molecule has 23 heavy (non-hydrogen) atoms. The van der Waals surface area contributed by atoms with E-state index < -0.39 is 0 Å². The van der Waals surface area contributed by atoms with E-state index >= 15 is 0 Å². The summed E-state index contributed by atoms with van der Waals surface area (Å²) >= 11 is 5.29. The van der Waals surface area contributed by atoms with Gasteiger partial charge >= 0.3 is 0 Å². The average Bonchev–Trinajstić information content (AvgIpc) is 3.09. The Morgan fingerprint density at radius 1 is 1.30 bits per heavy atom. The molecule has 0 bridgehead atoms. The first-order valence-corrected chi connectivity index (χ1v) is 7.99. The van der Waals surface area contributed by atoms with E-state index in [2.05, 4.69) is 17.3 Å². The van der Waals surface area contributed by atoms with Gasteiger partial charge in [0.25, 0.3) is 5.91 Å². The maximum atomic E-state index is 12.5. The third kappa shape index (κ3) is 3.48. The fourth-order valence-corrected chi connectivity index (χ4v) is 2.71. The van der Waals surface area contributed by atoms with Crippen molar-refractivity contribution in [1.82, 2.24) is 20.0 Å².